The van der Waals surface area contributed by atoms with Gasteiger partial charge in [0.15, 0.2) is 0 Å². The van der Waals surface area contributed by atoms with Gasteiger partial charge < -0.3 is 14.9 Å². The largest absolute Gasteiger partial charge is 0.481 e. The number of aliphatic carboxylic acids is 1. The summed E-state index contributed by atoms with van der Waals surface area (Å²) in [6.45, 7) is 1.47. The molecule has 2 aliphatic heterocycles. The predicted octanol–water partition coefficient (Wildman–Crippen LogP) is 2.60. The van der Waals surface area contributed by atoms with E-state index in [1.165, 1.54) is 0 Å². The Morgan fingerprint density at radius 3 is 2.50 bits per heavy atom. The maximum Gasteiger partial charge on any atom is 0.303 e. The molecule has 3 rings (SSSR count). The van der Waals surface area contributed by atoms with Crippen LogP contribution in [0, 0.1) is 0 Å². The highest BCUT2D eigenvalue weighted by Gasteiger charge is 2.27. The first kappa shape index (κ1) is 18.4. The van der Waals surface area contributed by atoms with E-state index in [1.807, 2.05) is 29.2 Å². The van der Waals surface area contributed by atoms with Crippen molar-refractivity contribution in [1.29, 1.82) is 0 Å². The van der Waals surface area contributed by atoms with Crippen LogP contribution in [-0.2, 0) is 20.8 Å². The summed E-state index contributed by atoms with van der Waals surface area (Å²) >= 11 is 0. The van der Waals surface area contributed by atoms with E-state index < -0.39 is 5.97 Å². The average molecular weight is 358 g/mol. The highest BCUT2D eigenvalue weighted by molar-refractivity contribution is 5.95. The van der Waals surface area contributed by atoms with Crippen LogP contribution < -0.4 is 4.90 Å². The lowest BCUT2D eigenvalue weighted by molar-refractivity contribution is -0.139. The molecule has 1 aromatic rings. The molecule has 0 radical (unpaired) electrons. The second-order valence-corrected chi connectivity index (χ2v) is 7.16. The number of amides is 2. The summed E-state index contributed by atoms with van der Waals surface area (Å²) in [5, 5.41) is 8.91. The van der Waals surface area contributed by atoms with Crippen molar-refractivity contribution in [3.8, 4) is 0 Å². The van der Waals surface area contributed by atoms with Crippen LogP contribution in [0.3, 0.4) is 0 Å². The highest BCUT2D eigenvalue weighted by Crippen LogP contribution is 2.24. The molecule has 0 saturated carbocycles. The predicted molar refractivity (Wildman–Crippen MR) is 98.0 cm³/mol. The fraction of sp³-hybridized carbons (Fsp3) is 0.550. The van der Waals surface area contributed by atoms with Crippen molar-refractivity contribution in [2.24, 2.45) is 0 Å². The smallest absolute Gasteiger partial charge is 0.303 e. The molecular weight excluding hydrogens is 332 g/mol. The van der Waals surface area contributed by atoms with Crippen molar-refractivity contribution in [3.63, 3.8) is 0 Å². The lowest BCUT2D eigenvalue weighted by Gasteiger charge is -2.36. The standard InChI is InChI=1S/C20H26N2O4/c23-18-5-3-13-21(18)17-8-6-15(7-9-17)14-19(24)22-12-2-1-4-16(22)10-11-20(25)26/h6-9,16H,1-5,10-14H2,(H,25,26). The molecule has 1 atom stereocenters. The molecule has 0 spiro atoms. The molecule has 2 heterocycles. The molecule has 0 bridgehead atoms. The SMILES string of the molecule is O=C(O)CCC1CCCCN1C(=O)Cc1ccc(N2CCCC2=O)cc1. The first-order valence-corrected chi connectivity index (χ1v) is 9.45. The van der Waals surface area contributed by atoms with Gasteiger partial charge in [-0.1, -0.05) is 12.1 Å². The Morgan fingerprint density at radius 2 is 1.85 bits per heavy atom. The number of carboxylic acids is 1. The Bertz CT molecular complexity index is 671. The van der Waals surface area contributed by atoms with Gasteiger partial charge >= 0.3 is 5.97 Å². The normalized spacial score (nSPS) is 20.5. The Hall–Kier alpha value is -2.37. The minimum Gasteiger partial charge on any atom is -0.481 e. The van der Waals surface area contributed by atoms with E-state index in [4.69, 9.17) is 5.11 Å². The molecule has 26 heavy (non-hydrogen) atoms. The summed E-state index contributed by atoms with van der Waals surface area (Å²) in [6.07, 6.45) is 5.35. The van der Waals surface area contributed by atoms with Gasteiger partial charge in [-0.3, -0.25) is 14.4 Å². The van der Waals surface area contributed by atoms with Gasteiger partial charge in [0, 0.05) is 37.7 Å². The van der Waals surface area contributed by atoms with E-state index in [0.717, 1.165) is 43.5 Å². The van der Waals surface area contributed by atoms with Crippen LogP contribution in [0.1, 0.15) is 50.5 Å². The minimum absolute atomic E-state index is 0.0360. The lowest BCUT2D eigenvalue weighted by atomic mass is 9.97. The number of benzene rings is 1. The number of rotatable bonds is 6. The zero-order chi connectivity index (χ0) is 18.5. The molecule has 0 aliphatic carbocycles. The summed E-state index contributed by atoms with van der Waals surface area (Å²) in [5.41, 5.74) is 1.81. The molecule has 1 aromatic carbocycles. The van der Waals surface area contributed by atoms with E-state index in [-0.39, 0.29) is 24.3 Å². The zero-order valence-electron chi connectivity index (χ0n) is 15.0. The van der Waals surface area contributed by atoms with Crippen LogP contribution in [0.15, 0.2) is 24.3 Å². The Morgan fingerprint density at radius 1 is 1.08 bits per heavy atom. The second kappa shape index (κ2) is 8.34. The summed E-state index contributed by atoms with van der Waals surface area (Å²) < 4.78 is 0. The van der Waals surface area contributed by atoms with Crippen molar-refractivity contribution in [2.45, 2.75) is 57.4 Å². The van der Waals surface area contributed by atoms with Crippen LogP contribution in [0.4, 0.5) is 5.69 Å². The van der Waals surface area contributed by atoms with Gasteiger partial charge in [-0.05, 0) is 49.8 Å². The van der Waals surface area contributed by atoms with E-state index in [0.29, 0.717) is 25.8 Å². The first-order chi connectivity index (χ1) is 12.5. The number of piperidine rings is 1. The number of carbonyl (C=O) groups excluding carboxylic acids is 2. The van der Waals surface area contributed by atoms with Gasteiger partial charge in [0.1, 0.15) is 0 Å². The molecule has 2 amide bonds. The molecule has 2 saturated heterocycles. The third-order valence-electron chi connectivity index (χ3n) is 5.32. The molecule has 0 aromatic heterocycles. The van der Waals surface area contributed by atoms with Crippen LogP contribution in [0.5, 0.6) is 0 Å². The number of carbonyl (C=O) groups is 3. The number of likely N-dealkylation sites (tertiary alicyclic amines) is 1. The molecule has 2 aliphatic rings. The second-order valence-electron chi connectivity index (χ2n) is 7.16. The van der Waals surface area contributed by atoms with Crippen molar-refractivity contribution >= 4 is 23.5 Å². The monoisotopic (exact) mass is 358 g/mol. The molecule has 1 unspecified atom stereocenters. The van der Waals surface area contributed by atoms with Crippen LogP contribution >= 0.6 is 0 Å². The van der Waals surface area contributed by atoms with E-state index in [1.54, 1.807) is 4.90 Å². The fourth-order valence-electron chi connectivity index (χ4n) is 3.91. The van der Waals surface area contributed by atoms with Crippen molar-refractivity contribution in [1.82, 2.24) is 4.90 Å². The number of carboxylic acid groups (broad SMARTS) is 1. The fourth-order valence-corrected chi connectivity index (χ4v) is 3.91. The molecule has 2 fully saturated rings. The van der Waals surface area contributed by atoms with Crippen LogP contribution in [-0.4, -0.2) is 46.9 Å². The molecule has 6 heteroatoms. The van der Waals surface area contributed by atoms with Crippen LogP contribution in [0.2, 0.25) is 0 Å². The molecule has 6 nitrogen and oxygen atoms in total. The maximum atomic E-state index is 12.7. The Labute approximate surface area is 153 Å². The zero-order valence-corrected chi connectivity index (χ0v) is 15.0. The van der Waals surface area contributed by atoms with Gasteiger partial charge in [-0.25, -0.2) is 0 Å². The Kier molecular flexibility index (Phi) is 5.91. The third kappa shape index (κ3) is 4.42. The number of hydrogen-bond acceptors (Lipinski definition) is 3. The third-order valence-corrected chi connectivity index (χ3v) is 5.32. The summed E-state index contributed by atoms with van der Waals surface area (Å²) in [7, 11) is 0. The maximum absolute atomic E-state index is 12.7. The molecular formula is C20H26N2O4. The van der Waals surface area contributed by atoms with Gasteiger partial charge in [0.25, 0.3) is 0 Å². The van der Waals surface area contributed by atoms with E-state index in [2.05, 4.69) is 0 Å². The van der Waals surface area contributed by atoms with Crippen molar-refractivity contribution in [3.05, 3.63) is 29.8 Å². The lowest BCUT2D eigenvalue weighted by Crippen LogP contribution is -2.44. The molecule has 140 valence electrons. The Balaban J connectivity index is 1.60. The summed E-state index contributed by atoms with van der Waals surface area (Å²) in [5.74, 6) is -0.594. The van der Waals surface area contributed by atoms with Crippen LogP contribution in [0.25, 0.3) is 0 Å². The summed E-state index contributed by atoms with van der Waals surface area (Å²) in [6, 6.07) is 7.67. The first-order valence-electron chi connectivity index (χ1n) is 9.45. The van der Waals surface area contributed by atoms with E-state index >= 15 is 0 Å². The highest BCUT2D eigenvalue weighted by atomic mass is 16.4. The number of hydrogen-bond donors (Lipinski definition) is 1. The van der Waals surface area contributed by atoms with Gasteiger partial charge in [0.05, 0.1) is 6.42 Å². The topological polar surface area (TPSA) is 77.9 Å². The van der Waals surface area contributed by atoms with Gasteiger partial charge in [-0.15, -0.1) is 0 Å². The van der Waals surface area contributed by atoms with E-state index in [9.17, 15) is 14.4 Å². The van der Waals surface area contributed by atoms with Gasteiger partial charge in [0.2, 0.25) is 11.8 Å². The van der Waals surface area contributed by atoms with Crippen molar-refractivity contribution in [2.75, 3.05) is 18.0 Å². The quantitative estimate of drug-likeness (QED) is 0.848. The number of anilines is 1. The minimum atomic E-state index is -0.810. The number of nitrogens with zero attached hydrogens (tertiary/aromatic N) is 2. The summed E-state index contributed by atoms with van der Waals surface area (Å²) in [4.78, 5) is 39.0. The van der Waals surface area contributed by atoms with Gasteiger partial charge in [-0.2, -0.15) is 0 Å². The van der Waals surface area contributed by atoms with Crippen molar-refractivity contribution < 1.29 is 19.5 Å². The molecule has 1 N–H and O–H groups in total. The average Bonchev–Trinajstić information content (AvgIpc) is 3.07.